The van der Waals surface area contributed by atoms with E-state index in [2.05, 4.69) is 0 Å². The Morgan fingerprint density at radius 3 is 2.35 bits per heavy atom. The first kappa shape index (κ1) is 23.3. The minimum atomic E-state index is -4.96. The molecule has 2 N–H and O–H groups in total. The van der Waals surface area contributed by atoms with Gasteiger partial charge >= 0.3 is 16.2 Å². The average molecular weight is 474 g/mol. The first-order valence-corrected chi connectivity index (χ1v) is 11.3. The third kappa shape index (κ3) is 4.50. The van der Waals surface area contributed by atoms with Crippen LogP contribution in [0.5, 0.6) is 11.5 Å². The highest BCUT2D eigenvalue weighted by Crippen LogP contribution is 2.45. The summed E-state index contributed by atoms with van der Waals surface area (Å²) in [5, 5.41) is -0.293. The lowest BCUT2D eigenvalue weighted by Gasteiger charge is -2.41. The number of quaternary nitrogens is 1. The summed E-state index contributed by atoms with van der Waals surface area (Å²) in [6, 6.07) is 13.6. The van der Waals surface area contributed by atoms with Crippen molar-refractivity contribution >= 4 is 27.3 Å². The quantitative estimate of drug-likeness (QED) is 0.471. The van der Waals surface area contributed by atoms with Crippen LogP contribution in [0.4, 0.5) is 18.9 Å². The van der Waals surface area contributed by atoms with Crippen molar-refractivity contribution in [3.63, 3.8) is 0 Å². The van der Waals surface area contributed by atoms with Gasteiger partial charge in [-0.05, 0) is 48.9 Å². The fourth-order valence-electron chi connectivity index (χ4n) is 3.56. The predicted molar refractivity (Wildman–Crippen MR) is 115 cm³/mol. The van der Waals surface area contributed by atoms with E-state index in [1.54, 1.807) is 36.4 Å². The summed E-state index contributed by atoms with van der Waals surface area (Å²) in [6.45, 7) is 1.36. The van der Waals surface area contributed by atoms with E-state index in [0.717, 1.165) is 0 Å². The number of hydrogen-bond donors (Lipinski definition) is 1. The van der Waals surface area contributed by atoms with Crippen LogP contribution in [-0.2, 0) is 10.0 Å². The first-order valence-electron chi connectivity index (χ1n) is 9.30. The molecular weight excluding hydrogens is 453 g/mol. The normalized spacial score (nSPS) is 21.9. The van der Waals surface area contributed by atoms with Gasteiger partial charge in [0.15, 0.2) is 11.4 Å². The minimum absolute atomic E-state index is 0.0190. The number of rotatable bonds is 6. The van der Waals surface area contributed by atoms with Crippen LogP contribution in [0.25, 0.3) is 0 Å². The maximum atomic E-state index is 13.3. The third-order valence-electron chi connectivity index (χ3n) is 4.89. The number of sulfonamides is 1. The number of nitrogens with two attached hydrogens (primary N) is 1. The van der Waals surface area contributed by atoms with Crippen LogP contribution in [-0.4, -0.2) is 32.9 Å². The standard InChI is InChI=1S/C21H21ClF3N2O3S/c1-15-10-11-16(13-26)20(22)27(15,31(28,29)14-21(23,24)25)17-6-5-9-19(12-17)30-18-7-3-2-4-8-18/h2-12,15H,13-14,26H2,1H3/q+1. The summed E-state index contributed by atoms with van der Waals surface area (Å²) in [7, 11) is -4.93. The molecule has 2 aromatic rings. The van der Waals surface area contributed by atoms with E-state index in [1.165, 1.54) is 37.3 Å². The number of ether oxygens (including phenoxy) is 1. The zero-order valence-electron chi connectivity index (χ0n) is 16.5. The van der Waals surface area contributed by atoms with Crippen LogP contribution < -0.4 is 14.4 Å². The molecule has 0 saturated carbocycles. The van der Waals surface area contributed by atoms with Crippen molar-refractivity contribution in [2.24, 2.45) is 5.73 Å². The molecule has 2 unspecified atom stereocenters. The Balaban J connectivity index is 2.22. The largest absolute Gasteiger partial charge is 0.457 e. The average Bonchev–Trinajstić information content (AvgIpc) is 2.67. The molecule has 2 aromatic carbocycles. The van der Waals surface area contributed by atoms with Gasteiger partial charge in [-0.1, -0.05) is 24.3 Å². The Morgan fingerprint density at radius 1 is 1.10 bits per heavy atom. The van der Waals surface area contributed by atoms with Crippen molar-refractivity contribution in [2.75, 3.05) is 12.3 Å². The fourth-order valence-corrected chi connectivity index (χ4v) is 6.26. The molecule has 1 aliphatic rings. The Hall–Kier alpha value is -2.33. The van der Waals surface area contributed by atoms with Crippen molar-refractivity contribution in [1.82, 2.24) is 3.89 Å². The second kappa shape index (κ2) is 8.66. The topological polar surface area (TPSA) is 69.4 Å². The van der Waals surface area contributed by atoms with Crippen molar-refractivity contribution in [3.8, 4) is 11.5 Å². The van der Waals surface area contributed by atoms with Crippen LogP contribution in [0, 0.1) is 0 Å². The van der Waals surface area contributed by atoms with Gasteiger partial charge in [0.05, 0.1) is 0 Å². The molecule has 0 fully saturated rings. The minimum Gasteiger partial charge on any atom is -0.457 e. The molecule has 0 aromatic heterocycles. The van der Waals surface area contributed by atoms with Crippen molar-refractivity contribution in [3.05, 3.63) is 77.5 Å². The SMILES string of the molecule is CC1C=CC(CN)=C(Cl)[N+]1(c1cccc(Oc2ccccc2)c1)S(=O)(=O)CC(F)(F)F. The van der Waals surface area contributed by atoms with Gasteiger partial charge in [-0.15, -0.1) is 3.89 Å². The Labute approximate surface area is 183 Å². The molecule has 3 rings (SSSR count). The van der Waals surface area contributed by atoms with Crippen molar-refractivity contribution < 1.29 is 26.3 Å². The van der Waals surface area contributed by atoms with Crippen molar-refractivity contribution in [1.29, 1.82) is 0 Å². The summed E-state index contributed by atoms with van der Waals surface area (Å²) in [5.41, 5.74) is 5.95. The molecule has 31 heavy (non-hydrogen) atoms. The molecular formula is C21H21ClF3N2O3S+. The fraction of sp³-hybridized carbons (Fsp3) is 0.238. The molecule has 0 aliphatic carbocycles. The summed E-state index contributed by atoms with van der Waals surface area (Å²) >= 11 is 6.49. The van der Waals surface area contributed by atoms with E-state index in [1.807, 2.05) is 0 Å². The molecule has 0 saturated heterocycles. The molecule has 0 amide bonds. The maximum Gasteiger partial charge on any atom is 0.408 e. The van der Waals surface area contributed by atoms with Gasteiger partial charge in [0.25, 0.3) is 0 Å². The summed E-state index contributed by atoms with van der Waals surface area (Å²) in [5.74, 6) is -1.31. The molecule has 5 nitrogen and oxygen atoms in total. The summed E-state index contributed by atoms with van der Waals surface area (Å²) in [4.78, 5) is 0. The monoisotopic (exact) mass is 473 g/mol. The highest BCUT2D eigenvalue weighted by molar-refractivity contribution is 7.91. The number of nitrogens with zero attached hydrogens (tertiary/aromatic N) is 1. The van der Waals surface area contributed by atoms with E-state index >= 15 is 0 Å². The molecule has 0 bridgehead atoms. The number of alkyl halides is 3. The van der Waals surface area contributed by atoms with Crippen LogP contribution in [0.2, 0.25) is 0 Å². The molecule has 0 spiro atoms. The second-order valence-corrected chi connectivity index (χ2v) is 9.42. The van der Waals surface area contributed by atoms with Crippen LogP contribution in [0.3, 0.4) is 0 Å². The van der Waals surface area contributed by atoms with Gasteiger partial charge in [0.1, 0.15) is 17.5 Å². The lowest BCUT2D eigenvalue weighted by molar-refractivity contribution is -0.106. The van der Waals surface area contributed by atoms with Gasteiger partial charge in [-0.3, -0.25) is 0 Å². The zero-order chi connectivity index (χ0) is 22.9. The molecule has 1 aliphatic heterocycles. The second-order valence-electron chi connectivity index (χ2n) is 7.03. The number of hydrogen-bond acceptors (Lipinski definition) is 4. The zero-order valence-corrected chi connectivity index (χ0v) is 18.1. The van der Waals surface area contributed by atoms with Gasteiger partial charge in [-0.2, -0.15) is 21.6 Å². The van der Waals surface area contributed by atoms with Crippen LogP contribution in [0.1, 0.15) is 6.92 Å². The Bertz CT molecular complexity index is 1120. The summed E-state index contributed by atoms with van der Waals surface area (Å²) in [6.07, 6.45) is -1.92. The Kier molecular flexibility index (Phi) is 6.52. The predicted octanol–water partition coefficient (Wildman–Crippen LogP) is 5.05. The first-order chi connectivity index (χ1) is 14.5. The molecule has 10 heteroatoms. The van der Waals surface area contributed by atoms with E-state index in [9.17, 15) is 21.6 Å². The number of para-hydroxylation sites is 1. The highest BCUT2D eigenvalue weighted by Gasteiger charge is 2.57. The molecule has 2 atom stereocenters. The maximum absolute atomic E-state index is 13.3. The summed E-state index contributed by atoms with van der Waals surface area (Å²) < 4.78 is 70.9. The van der Waals surface area contributed by atoms with Gasteiger partial charge in [0, 0.05) is 24.3 Å². The lowest BCUT2D eigenvalue weighted by atomic mass is 10.1. The van der Waals surface area contributed by atoms with E-state index in [-0.39, 0.29) is 28.7 Å². The molecule has 0 radical (unpaired) electrons. The molecule has 1 heterocycles. The van der Waals surface area contributed by atoms with Crippen LogP contribution >= 0.6 is 11.6 Å². The van der Waals surface area contributed by atoms with Gasteiger partial charge in [0.2, 0.25) is 5.16 Å². The van der Waals surface area contributed by atoms with Crippen LogP contribution in [0.15, 0.2) is 77.5 Å². The smallest absolute Gasteiger partial charge is 0.408 e. The van der Waals surface area contributed by atoms with E-state index in [0.29, 0.717) is 5.75 Å². The third-order valence-corrected chi connectivity index (χ3v) is 7.80. The highest BCUT2D eigenvalue weighted by atomic mass is 35.5. The number of halogens is 4. The lowest BCUT2D eigenvalue weighted by Crippen LogP contribution is -2.60. The van der Waals surface area contributed by atoms with Gasteiger partial charge < -0.3 is 10.5 Å². The van der Waals surface area contributed by atoms with E-state index in [4.69, 9.17) is 22.1 Å². The van der Waals surface area contributed by atoms with Crippen molar-refractivity contribution in [2.45, 2.75) is 19.1 Å². The van der Waals surface area contributed by atoms with E-state index < -0.39 is 31.9 Å². The van der Waals surface area contributed by atoms with Gasteiger partial charge in [-0.25, -0.2) is 0 Å². The number of benzene rings is 2. The molecule has 166 valence electrons. The Morgan fingerprint density at radius 2 is 1.74 bits per heavy atom.